The molecule has 1 fully saturated rings. The molecule has 1 aromatic carbocycles. The van der Waals surface area contributed by atoms with Crippen LogP contribution in [0.25, 0.3) is 0 Å². The van der Waals surface area contributed by atoms with E-state index in [9.17, 15) is 5.11 Å². The van der Waals surface area contributed by atoms with E-state index >= 15 is 0 Å². The lowest BCUT2D eigenvalue weighted by Gasteiger charge is -2.24. The molecule has 3 unspecified atom stereocenters. The highest BCUT2D eigenvalue weighted by Crippen LogP contribution is 2.27. The molecule has 1 aromatic rings. The number of aryl methyl sites for hydroxylation is 1. The fraction of sp³-hybridized carbons (Fsp3) is 0.600. The second-order valence-electron chi connectivity index (χ2n) is 5.28. The van der Waals surface area contributed by atoms with Crippen molar-refractivity contribution in [3.8, 4) is 0 Å². The molecular formula is C15H23NO. The van der Waals surface area contributed by atoms with Gasteiger partial charge in [0.2, 0.25) is 0 Å². The van der Waals surface area contributed by atoms with Crippen molar-refractivity contribution in [2.75, 3.05) is 6.61 Å². The highest BCUT2D eigenvalue weighted by Gasteiger charge is 2.27. The molecule has 2 heteroatoms. The molecule has 0 bridgehead atoms. The summed E-state index contributed by atoms with van der Waals surface area (Å²) in [6, 6.07) is 9.55. The summed E-state index contributed by atoms with van der Waals surface area (Å²) < 4.78 is 0. The molecule has 2 nitrogen and oxygen atoms in total. The van der Waals surface area contributed by atoms with E-state index in [1.807, 2.05) is 0 Å². The standard InChI is InChI=1S/C15H23NO/c1-11-6-8-13(9-7-11)12(2)16-15-5-3-4-14(15)10-17/h6-9,12,14-17H,3-5,10H2,1-2H3. The molecule has 1 aliphatic carbocycles. The van der Waals surface area contributed by atoms with Crippen molar-refractivity contribution in [3.63, 3.8) is 0 Å². The van der Waals surface area contributed by atoms with Gasteiger partial charge >= 0.3 is 0 Å². The van der Waals surface area contributed by atoms with Crippen molar-refractivity contribution in [1.29, 1.82) is 0 Å². The molecule has 0 spiro atoms. The number of aliphatic hydroxyl groups excluding tert-OH is 1. The van der Waals surface area contributed by atoms with Gasteiger partial charge in [-0.2, -0.15) is 0 Å². The van der Waals surface area contributed by atoms with Crippen LogP contribution in [0.4, 0.5) is 0 Å². The Hall–Kier alpha value is -0.860. The van der Waals surface area contributed by atoms with Gasteiger partial charge in [0, 0.05) is 18.7 Å². The molecule has 1 saturated carbocycles. The van der Waals surface area contributed by atoms with Crippen LogP contribution < -0.4 is 5.32 Å². The van der Waals surface area contributed by atoms with Gasteiger partial charge in [-0.05, 0) is 38.2 Å². The largest absolute Gasteiger partial charge is 0.396 e. The van der Waals surface area contributed by atoms with Gasteiger partial charge in [-0.25, -0.2) is 0 Å². The monoisotopic (exact) mass is 233 g/mol. The first-order valence-corrected chi connectivity index (χ1v) is 6.64. The minimum atomic E-state index is 0.318. The zero-order valence-electron chi connectivity index (χ0n) is 10.8. The van der Waals surface area contributed by atoms with Crippen LogP contribution in [0.1, 0.15) is 43.4 Å². The highest BCUT2D eigenvalue weighted by molar-refractivity contribution is 5.23. The quantitative estimate of drug-likeness (QED) is 0.838. The van der Waals surface area contributed by atoms with E-state index in [0.717, 1.165) is 6.42 Å². The Morgan fingerprint density at radius 1 is 1.29 bits per heavy atom. The second kappa shape index (κ2) is 5.65. The minimum absolute atomic E-state index is 0.318. The maximum atomic E-state index is 9.32. The molecule has 0 heterocycles. The summed E-state index contributed by atoms with van der Waals surface area (Å²) in [6.45, 7) is 4.64. The van der Waals surface area contributed by atoms with Gasteiger partial charge in [0.25, 0.3) is 0 Å². The van der Waals surface area contributed by atoms with Crippen LogP contribution >= 0.6 is 0 Å². The fourth-order valence-electron chi connectivity index (χ4n) is 2.75. The minimum Gasteiger partial charge on any atom is -0.396 e. The molecule has 0 amide bonds. The predicted octanol–water partition coefficient (Wildman–Crippen LogP) is 2.81. The summed E-state index contributed by atoms with van der Waals surface area (Å²) in [5.41, 5.74) is 2.63. The van der Waals surface area contributed by atoms with E-state index in [-0.39, 0.29) is 0 Å². The Bertz CT molecular complexity index is 346. The molecule has 0 saturated heterocycles. The average molecular weight is 233 g/mol. The number of benzene rings is 1. The summed E-state index contributed by atoms with van der Waals surface area (Å²) in [4.78, 5) is 0. The second-order valence-corrected chi connectivity index (χ2v) is 5.28. The summed E-state index contributed by atoms with van der Waals surface area (Å²) in [7, 11) is 0. The number of hydrogen-bond acceptors (Lipinski definition) is 2. The molecule has 0 aromatic heterocycles. The van der Waals surface area contributed by atoms with E-state index in [0.29, 0.717) is 24.6 Å². The van der Waals surface area contributed by atoms with Crippen molar-refractivity contribution in [2.45, 2.75) is 45.2 Å². The van der Waals surface area contributed by atoms with Crippen molar-refractivity contribution >= 4 is 0 Å². The summed E-state index contributed by atoms with van der Waals surface area (Å²) in [5, 5.41) is 13.0. The lowest BCUT2D eigenvalue weighted by Crippen LogP contribution is -2.35. The Balaban J connectivity index is 1.96. The van der Waals surface area contributed by atoms with E-state index in [4.69, 9.17) is 0 Å². The summed E-state index contributed by atoms with van der Waals surface area (Å²) in [5.74, 6) is 0.447. The molecule has 0 aliphatic heterocycles. The Labute approximate surface area is 104 Å². The lowest BCUT2D eigenvalue weighted by molar-refractivity contribution is 0.200. The van der Waals surface area contributed by atoms with Gasteiger partial charge in [-0.1, -0.05) is 36.2 Å². The van der Waals surface area contributed by atoms with Crippen molar-refractivity contribution in [2.24, 2.45) is 5.92 Å². The smallest absolute Gasteiger partial charge is 0.0474 e. The number of aliphatic hydroxyl groups is 1. The van der Waals surface area contributed by atoms with Crippen molar-refractivity contribution in [3.05, 3.63) is 35.4 Å². The Morgan fingerprint density at radius 3 is 2.65 bits per heavy atom. The van der Waals surface area contributed by atoms with Crippen LogP contribution in [0, 0.1) is 12.8 Å². The Kier molecular flexibility index (Phi) is 4.19. The molecule has 94 valence electrons. The number of nitrogens with one attached hydrogen (secondary N) is 1. The van der Waals surface area contributed by atoms with Gasteiger partial charge in [0.05, 0.1) is 0 Å². The third-order valence-corrected chi connectivity index (χ3v) is 3.94. The first kappa shape index (κ1) is 12.6. The lowest BCUT2D eigenvalue weighted by atomic mass is 10.0. The molecule has 2 N–H and O–H groups in total. The average Bonchev–Trinajstić information content (AvgIpc) is 2.77. The van der Waals surface area contributed by atoms with Crippen LogP contribution in [-0.2, 0) is 0 Å². The molecule has 3 atom stereocenters. The van der Waals surface area contributed by atoms with Crippen LogP contribution in [0.15, 0.2) is 24.3 Å². The van der Waals surface area contributed by atoms with Gasteiger partial charge < -0.3 is 10.4 Å². The number of rotatable bonds is 4. The maximum Gasteiger partial charge on any atom is 0.0474 e. The van der Waals surface area contributed by atoms with Gasteiger partial charge in [0.1, 0.15) is 0 Å². The maximum absolute atomic E-state index is 9.32. The SMILES string of the molecule is Cc1ccc(C(C)NC2CCCC2CO)cc1. The van der Waals surface area contributed by atoms with Gasteiger partial charge in [0.15, 0.2) is 0 Å². The zero-order valence-corrected chi connectivity index (χ0v) is 10.8. The molecular weight excluding hydrogens is 210 g/mol. The normalized spacial score (nSPS) is 26.1. The Morgan fingerprint density at radius 2 is 2.00 bits per heavy atom. The molecule has 1 aliphatic rings. The van der Waals surface area contributed by atoms with Gasteiger partial charge in [-0.15, -0.1) is 0 Å². The van der Waals surface area contributed by atoms with Gasteiger partial charge in [-0.3, -0.25) is 0 Å². The summed E-state index contributed by atoms with van der Waals surface area (Å²) in [6.07, 6.45) is 3.60. The third-order valence-electron chi connectivity index (χ3n) is 3.94. The zero-order chi connectivity index (χ0) is 12.3. The summed E-state index contributed by atoms with van der Waals surface area (Å²) >= 11 is 0. The van der Waals surface area contributed by atoms with Crippen LogP contribution in [-0.4, -0.2) is 17.8 Å². The molecule has 17 heavy (non-hydrogen) atoms. The van der Waals surface area contributed by atoms with E-state index in [2.05, 4.69) is 43.4 Å². The van der Waals surface area contributed by atoms with Crippen LogP contribution in [0.2, 0.25) is 0 Å². The first-order chi connectivity index (χ1) is 8.20. The topological polar surface area (TPSA) is 32.3 Å². The highest BCUT2D eigenvalue weighted by atomic mass is 16.3. The van der Waals surface area contributed by atoms with E-state index in [1.165, 1.54) is 24.0 Å². The molecule has 0 radical (unpaired) electrons. The first-order valence-electron chi connectivity index (χ1n) is 6.64. The third kappa shape index (κ3) is 3.08. The predicted molar refractivity (Wildman–Crippen MR) is 70.9 cm³/mol. The van der Waals surface area contributed by atoms with Crippen LogP contribution in [0.3, 0.4) is 0 Å². The fourth-order valence-corrected chi connectivity index (χ4v) is 2.75. The van der Waals surface area contributed by atoms with Crippen LogP contribution in [0.5, 0.6) is 0 Å². The van der Waals surface area contributed by atoms with Crippen molar-refractivity contribution < 1.29 is 5.11 Å². The number of hydrogen-bond donors (Lipinski definition) is 2. The van der Waals surface area contributed by atoms with Crippen molar-refractivity contribution in [1.82, 2.24) is 5.32 Å². The van der Waals surface area contributed by atoms with E-state index < -0.39 is 0 Å². The molecule has 2 rings (SSSR count). The van der Waals surface area contributed by atoms with E-state index in [1.54, 1.807) is 0 Å².